The van der Waals surface area contributed by atoms with Crippen molar-refractivity contribution in [1.82, 2.24) is 10.0 Å². The molecule has 1 amide bonds. The van der Waals surface area contributed by atoms with E-state index in [2.05, 4.69) is 10.0 Å². The van der Waals surface area contributed by atoms with Crippen molar-refractivity contribution in [1.29, 1.82) is 0 Å². The van der Waals surface area contributed by atoms with E-state index >= 15 is 0 Å². The van der Waals surface area contributed by atoms with E-state index in [0.29, 0.717) is 19.5 Å². The predicted molar refractivity (Wildman–Crippen MR) is 96.0 cm³/mol. The van der Waals surface area contributed by atoms with Crippen LogP contribution in [0.1, 0.15) is 38.7 Å². The minimum absolute atomic E-state index is 0.165. The molecule has 6 nitrogen and oxygen atoms in total. The molecule has 0 aliphatic heterocycles. The summed E-state index contributed by atoms with van der Waals surface area (Å²) in [6.07, 6.45) is 2.04. The van der Waals surface area contributed by atoms with E-state index < -0.39 is 16.1 Å². The molecule has 0 fully saturated rings. The molecule has 1 aromatic carbocycles. The Labute approximate surface area is 145 Å². The van der Waals surface area contributed by atoms with Crippen molar-refractivity contribution >= 4 is 15.9 Å². The number of carbonyl (C=O) groups is 1. The van der Waals surface area contributed by atoms with Gasteiger partial charge in [0.2, 0.25) is 15.9 Å². The Hall–Kier alpha value is -1.44. The molecule has 7 heteroatoms. The highest BCUT2D eigenvalue weighted by atomic mass is 32.2. The fourth-order valence-corrected chi connectivity index (χ4v) is 3.47. The van der Waals surface area contributed by atoms with Crippen LogP contribution in [-0.4, -0.2) is 33.5 Å². The second-order valence-electron chi connectivity index (χ2n) is 6.40. The van der Waals surface area contributed by atoms with Crippen LogP contribution in [0, 0.1) is 12.8 Å². The normalized spacial score (nSPS) is 13.0. The molecule has 0 heterocycles. The first-order valence-corrected chi connectivity index (χ1v) is 9.81. The Morgan fingerprint density at radius 3 is 2.33 bits per heavy atom. The maximum atomic E-state index is 12.5. The molecule has 1 unspecified atom stereocenters. The smallest absolute Gasteiger partial charge is 0.241 e. The number of unbranched alkanes of at least 4 members (excludes halogenated alkanes) is 1. The second-order valence-corrected chi connectivity index (χ2v) is 8.12. The molecule has 0 radical (unpaired) electrons. The molecule has 4 N–H and O–H groups in total. The van der Waals surface area contributed by atoms with Gasteiger partial charge in [-0.05, 0) is 50.8 Å². The third kappa shape index (κ3) is 6.98. The van der Waals surface area contributed by atoms with Gasteiger partial charge in [0.05, 0.1) is 4.90 Å². The van der Waals surface area contributed by atoms with E-state index in [1.165, 1.54) is 0 Å². The van der Waals surface area contributed by atoms with Crippen molar-refractivity contribution in [2.45, 2.75) is 51.0 Å². The summed E-state index contributed by atoms with van der Waals surface area (Å²) in [5, 5.41) is 2.78. The lowest BCUT2D eigenvalue weighted by Gasteiger charge is -2.20. The number of nitrogens with two attached hydrogens (primary N) is 1. The number of carbonyl (C=O) groups excluding carboxylic acids is 1. The van der Waals surface area contributed by atoms with Gasteiger partial charge in [0.1, 0.15) is 6.04 Å². The summed E-state index contributed by atoms with van der Waals surface area (Å²) in [4.78, 5) is 12.5. The maximum absolute atomic E-state index is 12.5. The lowest BCUT2D eigenvalue weighted by Crippen LogP contribution is -2.47. The zero-order chi connectivity index (χ0) is 18.2. The maximum Gasteiger partial charge on any atom is 0.241 e. The standard InChI is InChI=1S/C17H29N3O3S/c1-13(2)12-16(17(21)19-11-5-4-10-18)20-24(22,23)15-8-6-14(3)7-9-15/h6-9,13,16,20H,4-5,10-12,18H2,1-3H3,(H,19,21). The summed E-state index contributed by atoms with van der Waals surface area (Å²) in [7, 11) is -3.73. The van der Waals surface area contributed by atoms with Gasteiger partial charge in [-0.3, -0.25) is 4.79 Å². The monoisotopic (exact) mass is 355 g/mol. The summed E-state index contributed by atoms with van der Waals surface area (Å²) in [5.74, 6) is -0.109. The molecule has 0 saturated carbocycles. The molecular weight excluding hydrogens is 326 g/mol. The number of aryl methyl sites for hydroxylation is 1. The van der Waals surface area contributed by atoms with Crippen molar-refractivity contribution in [3.05, 3.63) is 29.8 Å². The van der Waals surface area contributed by atoms with Gasteiger partial charge in [-0.1, -0.05) is 31.5 Å². The van der Waals surface area contributed by atoms with Crippen LogP contribution in [0.3, 0.4) is 0 Å². The number of nitrogens with one attached hydrogen (secondary N) is 2. The van der Waals surface area contributed by atoms with Crippen molar-refractivity contribution in [2.75, 3.05) is 13.1 Å². The van der Waals surface area contributed by atoms with Gasteiger partial charge in [0, 0.05) is 6.54 Å². The number of benzene rings is 1. The van der Waals surface area contributed by atoms with Crippen molar-refractivity contribution < 1.29 is 13.2 Å². The molecule has 0 aliphatic carbocycles. The third-order valence-corrected chi connectivity index (χ3v) is 5.07. The minimum Gasteiger partial charge on any atom is -0.355 e. The van der Waals surface area contributed by atoms with Crippen LogP contribution in [0.4, 0.5) is 0 Å². The SMILES string of the molecule is Cc1ccc(S(=O)(=O)NC(CC(C)C)C(=O)NCCCCN)cc1. The van der Waals surface area contributed by atoms with Gasteiger partial charge >= 0.3 is 0 Å². The first-order valence-electron chi connectivity index (χ1n) is 8.33. The van der Waals surface area contributed by atoms with E-state index in [4.69, 9.17) is 5.73 Å². The average molecular weight is 356 g/mol. The average Bonchev–Trinajstić information content (AvgIpc) is 2.50. The molecule has 0 aromatic heterocycles. The van der Waals surface area contributed by atoms with Crippen LogP contribution in [0.25, 0.3) is 0 Å². The Balaban J connectivity index is 2.80. The molecule has 1 atom stereocenters. The number of sulfonamides is 1. The van der Waals surface area contributed by atoms with Crippen LogP contribution >= 0.6 is 0 Å². The minimum atomic E-state index is -3.73. The highest BCUT2D eigenvalue weighted by Crippen LogP contribution is 2.13. The van der Waals surface area contributed by atoms with Gasteiger partial charge in [0.15, 0.2) is 0 Å². The van der Waals surface area contributed by atoms with Crippen LogP contribution in [0.15, 0.2) is 29.2 Å². The molecule has 1 rings (SSSR count). The molecule has 136 valence electrons. The van der Waals surface area contributed by atoms with Crippen molar-refractivity contribution in [2.24, 2.45) is 11.7 Å². The molecule has 24 heavy (non-hydrogen) atoms. The summed E-state index contributed by atoms with van der Waals surface area (Å²) < 4.78 is 27.6. The van der Waals surface area contributed by atoms with Crippen LogP contribution < -0.4 is 15.8 Å². The van der Waals surface area contributed by atoms with E-state index in [-0.39, 0.29) is 16.7 Å². The van der Waals surface area contributed by atoms with Crippen LogP contribution in [0.5, 0.6) is 0 Å². The number of rotatable bonds is 10. The zero-order valence-corrected chi connectivity index (χ0v) is 15.5. The number of amides is 1. The number of hydrogen-bond acceptors (Lipinski definition) is 4. The Morgan fingerprint density at radius 2 is 1.79 bits per heavy atom. The predicted octanol–water partition coefficient (Wildman–Crippen LogP) is 1.54. The fraction of sp³-hybridized carbons (Fsp3) is 0.588. The van der Waals surface area contributed by atoms with Gasteiger partial charge in [0.25, 0.3) is 0 Å². The van der Waals surface area contributed by atoms with Crippen molar-refractivity contribution in [3.63, 3.8) is 0 Å². The topological polar surface area (TPSA) is 101 Å². The Bertz CT molecular complexity index is 612. The summed E-state index contributed by atoms with van der Waals surface area (Å²) in [6, 6.07) is 5.78. The van der Waals surface area contributed by atoms with E-state index in [9.17, 15) is 13.2 Å². The summed E-state index contributed by atoms with van der Waals surface area (Å²) in [5.41, 5.74) is 6.40. The van der Waals surface area contributed by atoms with Gasteiger partial charge in [-0.2, -0.15) is 4.72 Å². The third-order valence-electron chi connectivity index (χ3n) is 3.58. The van der Waals surface area contributed by atoms with E-state index in [0.717, 1.165) is 18.4 Å². The van der Waals surface area contributed by atoms with Crippen molar-refractivity contribution in [3.8, 4) is 0 Å². The zero-order valence-electron chi connectivity index (χ0n) is 14.7. The molecule has 0 saturated heterocycles. The first kappa shape index (κ1) is 20.6. The van der Waals surface area contributed by atoms with Gasteiger partial charge in [-0.25, -0.2) is 8.42 Å². The first-order chi connectivity index (χ1) is 11.3. The molecule has 0 spiro atoms. The second kappa shape index (κ2) is 9.76. The van der Waals surface area contributed by atoms with Gasteiger partial charge < -0.3 is 11.1 Å². The molecule has 0 bridgehead atoms. The Morgan fingerprint density at radius 1 is 1.17 bits per heavy atom. The summed E-state index contributed by atoms with van der Waals surface area (Å²) >= 11 is 0. The lowest BCUT2D eigenvalue weighted by molar-refractivity contribution is -0.123. The molecular formula is C17H29N3O3S. The Kier molecular flexibility index (Phi) is 8.38. The fourth-order valence-electron chi connectivity index (χ4n) is 2.26. The largest absolute Gasteiger partial charge is 0.355 e. The lowest BCUT2D eigenvalue weighted by atomic mass is 10.0. The van der Waals surface area contributed by atoms with Crippen LogP contribution in [-0.2, 0) is 14.8 Å². The quantitative estimate of drug-likeness (QED) is 0.554. The number of hydrogen-bond donors (Lipinski definition) is 3. The molecule has 0 aliphatic rings. The van der Waals surface area contributed by atoms with Crippen LogP contribution in [0.2, 0.25) is 0 Å². The highest BCUT2D eigenvalue weighted by Gasteiger charge is 2.26. The van der Waals surface area contributed by atoms with Gasteiger partial charge in [-0.15, -0.1) is 0 Å². The summed E-state index contributed by atoms with van der Waals surface area (Å²) in [6.45, 7) is 6.87. The molecule has 1 aromatic rings. The highest BCUT2D eigenvalue weighted by molar-refractivity contribution is 7.89. The van der Waals surface area contributed by atoms with E-state index in [1.54, 1.807) is 24.3 Å². The van der Waals surface area contributed by atoms with E-state index in [1.807, 2.05) is 20.8 Å².